The Morgan fingerprint density at radius 3 is 2.57 bits per heavy atom. The van der Waals surface area contributed by atoms with Crippen molar-refractivity contribution in [3.63, 3.8) is 0 Å². The molecule has 0 aliphatic carbocycles. The molecule has 160 valence electrons. The van der Waals surface area contributed by atoms with Crippen molar-refractivity contribution >= 4 is 37.3 Å². The van der Waals surface area contributed by atoms with Gasteiger partial charge in [0.05, 0.1) is 34.4 Å². The van der Waals surface area contributed by atoms with Crippen molar-refractivity contribution in [1.29, 1.82) is 5.26 Å². The van der Waals surface area contributed by atoms with Gasteiger partial charge in [0, 0.05) is 23.5 Å². The SMILES string of the molecule is CC(C#N)CCN1CCN(S(=O)(=O)c2cccc(C(F)(F)F)c2)c2cc(Br)ccc21. The van der Waals surface area contributed by atoms with Crippen LogP contribution in [0.4, 0.5) is 24.5 Å². The lowest BCUT2D eigenvalue weighted by Crippen LogP contribution is -2.44. The van der Waals surface area contributed by atoms with Crippen molar-refractivity contribution in [2.45, 2.75) is 24.4 Å². The fraction of sp³-hybridized carbons (Fsp3) is 0.350. The molecular formula is C20H19BrF3N3O2S. The van der Waals surface area contributed by atoms with Gasteiger partial charge in [0.25, 0.3) is 10.0 Å². The van der Waals surface area contributed by atoms with Crippen molar-refractivity contribution in [2.75, 3.05) is 28.8 Å². The first-order valence-corrected chi connectivity index (χ1v) is 11.4. The number of nitriles is 1. The predicted molar refractivity (Wildman–Crippen MR) is 112 cm³/mol. The molecule has 0 saturated carbocycles. The van der Waals surface area contributed by atoms with E-state index < -0.39 is 26.7 Å². The summed E-state index contributed by atoms with van der Waals surface area (Å²) in [5.41, 5.74) is 0.0324. The second kappa shape index (κ2) is 8.47. The molecule has 1 aliphatic heterocycles. The number of hydrogen-bond acceptors (Lipinski definition) is 4. The van der Waals surface area contributed by atoms with Gasteiger partial charge in [-0.15, -0.1) is 0 Å². The monoisotopic (exact) mass is 501 g/mol. The second-order valence-corrected chi connectivity index (χ2v) is 9.82. The molecule has 1 heterocycles. The van der Waals surface area contributed by atoms with E-state index >= 15 is 0 Å². The number of fused-ring (bicyclic) bond motifs is 1. The maximum atomic E-state index is 13.2. The fourth-order valence-corrected chi connectivity index (χ4v) is 5.13. The standard InChI is InChI=1S/C20H19BrF3N3O2S/c1-14(13-25)7-8-26-9-10-27(19-12-16(21)5-6-18(19)26)30(28,29)17-4-2-3-15(11-17)20(22,23)24/h2-6,11-12,14H,7-10H2,1H3. The number of halogens is 4. The van der Waals surface area contributed by atoms with E-state index in [1.54, 1.807) is 18.2 Å². The van der Waals surface area contributed by atoms with Gasteiger partial charge in [-0.1, -0.05) is 22.0 Å². The molecule has 10 heteroatoms. The molecule has 0 amide bonds. The van der Waals surface area contributed by atoms with E-state index in [-0.39, 0.29) is 12.5 Å². The highest BCUT2D eigenvalue weighted by Gasteiger charge is 2.35. The zero-order valence-corrected chi connectivity index (χ0v) is 18.4. The molecule has 1 atom stereocenters. The molecule has 0 N–H and O–H groups in total. The molecule has 30 heavy (non-hydrogen) atoms. The minimum atomic E-state index is -4.64. The van der Waals surface area contributed by atoms with Crippen LogP contribution in [0.2, 0.25) is 0 Å². The molecule has 2 aromatic rings. The first-order valence-electron chi connectivity index (χ1n) is 9.18. The van der Waals surface area contributed by atoms with E-state index in [1.807, 2.05) is 11.8 Å². The molecule has 2 aromatic carbocycles. The molecule has 0 saturated heterocycles. The van der Waals surface area contributed by atoms with Gasteiger partial charge in [-0.05, 0) is 49.7 Å². The third-order valence-corrected chi connectivity index (χ3v) is 7.22. The highest BCUT2D eigenvalue weighted by molar-refractivity contribution is 9.10. The van der Waals surface area contributed by atoms with Crippen LogP contribution in [0.1, 0.15) is 18.9 Å². The van der Waals surface area contributed by atoms with Crippen LogP contribution in [-0.2, 0) is 16.2 Å². The molecule has 0 fully saturated rings. The van der Waals surface area contributed by atoms with E-state index in [1.165, 1.54) is 6.07 Å². The zero-order chi connectivity index (χ0) is 22.1. The van der Waals surface area contributed by atoms with Gasteiger partial charge in [0.2, 0.25) is 0 Å². The van der Waals surface area contributed by atoms with Crippen LogP contribution in [0.15, 0.2) is 51.8 Å². The van der Waals surface area contributed by atoms with Crippen LogP contribution in [0, 0.1) is 17.2 Å². The Bertz CT molecular complexity index is 1080. The van der Waals surface area contributed by atoms with Crippen LogP contribution in [-0.4, -0.2) is 28.1 Å². The van der Waals surface area contributed by atoms with Gasteiger partial charge in [0.15, 0.2) is 0 Å². The highest BCUT2D eigenvalue weighted by Crippen LogP contribution is 2.39. The molecule has 1 aliphatic rings. The van der Waals surface area contributed by atoms with Crippen molar-refractivity contribution in [2.24, 2.45) is 5.92 Å². The van der Waals surface area contributed by atoms with Gasteiger partial charge in [-0.25, -0.2) is 8.42 Å². The van der Waals surface area contributed by atoms with E-state index in [4.69, 9.17) is 5.26 Å². The maximum Gasteiger partial charge on any atom is 0.416 e. The number of hydrogen-bond donors (Lipinski definition) is 0. The van der Waals surface area contributed by atoms with Crippen LogP contribution in [0.5, 0.6) is 0 Å². The molecule has 1 unspecified atom stereocenters. The first-order chi connectivity index (χ1) is 14.0. The lowest BCUT2D eigenvalue weighted by atomic mass is 10.1. The molecule has 0 spiro atoms. The van der Waals surface area contributed by atoms with Crippen LogP contribution >= 0.6 is 15.9 Å². The number of anilines is 2. The summed E-state index contributed by atoms with van der Waals surface area (Å²) >= 11 is 3.34. The Hall–Kier alpha value is -2.25. The average molecular weight is 502 g/mol. The molecule has 0 bridgehead atoms. The van der Waals surface area contributed by atoms with Crippen LogP contribution < -0.4 is 9.21 Å². The van der Waals surface area contributed by atoms with E-state index in [0.717, 1.165) is 16.4 Å². The van der Waals surface area contributed by atoms with Gasteiger partial charge >= 0.3 is 6.18 Å². The van der Waals surface area contributed by atoms with E-state index in [0.29, 0.717) is 41.4 Å². The Kier molecular flexibility index (Phi) is 6.34. The summed E-state index contributed by atoms with van der Waals surface area (Å²) in [6.07, 6.45) is -4.02. The quantitative estimate of drug-likeness (QED) is 0.576. The molecule has 0 aromatic heterocycles. The zero-order valence-electron chi connectivity index (χ0n) is 16.0. The number of benzene rings is 2. The third kappa shape index (κ3) is 4.57. The summed E-state index contributed by atoms with van der Waals surface area (Å²) in [4.78, 5) is 1.59. The molecule has 0 radical (unpaired) electrons. The van der Waals surface area contributed by atoms with Crippen molar-refractivity contribution in [1.82, 2.24) is 0 Å². The van der Waals surface area contributed by atoms with Crippen molar-refractivity contribution < 1.29 is 21.6 Å². The third-order valence-electron chi connectivity index (χ3n) is 4.92. The predicted octanol–water partition coefficient (Wildman–Crippen LogP) is 5.03. The summed E-state index contributed by atoms with van der Waals surface area (Å²) in [7, 11) is -4.20. The number of nitrogens with zero attached hydrogens (tertiary/aromatic N) is 3. The van der Waals surface area contributed by atoms with Crippen molar-refractivity contribution in [3.05, 3.63) is 52.5 Å². The maximum absolute atomic E-state index is 13.2. The highest BCUT2D eigenvalue weighted by atomic mass is 79.9. The molecule has 5 nitrogen and oxygen atoms in total. The summed E-state index contributed by atoms with van der Waals surface area (Å²) in [6.45, 7) is 2.84. The van der Waals surface area contributed by atoms with E-state index in [2.05, 4.69) is 22.0 Å². The fourth-order valence-electron chi connectivity index (χ4n) is 3.27. The largest absolute Gasteiger partial charge is 0.416 e. The summed E-state index contributed by atoms with van der Waals surface area (Å²) in [5, 5.41) is 9.01. The second-order valence-electron chi connectivity index (χ2n) is 7.04. The Balaban J connectivity index is 2.00. The minimum Gasteiger partial charge on any atom is -0.368 e. The topological polar surface area (TPSA) is 64.4 Å². The Morgan fingerprint density at radius 1 is 1.17 bits per heavy atom. The average Bonchev–Trinajstić information content (AvgIpc) is 2.70. The first kappa shape index (κ1) is 22.4. The van der Waals surface area contributed by atoms with Crippen molar-refractivity contribution in [3.8, 4) is 6.07 Å². The smallest absolute Gasteiger partial charge is 0.368 e. The van der Waals surface area contributed by atoms with E-state index in [9.17, 15) is 21.6 Å². The normalized spacial score (nSPS) is 15.5. The Morgan fingerprint density at radius 2 is 1.90 bits per heavy atom. The number of sulfonamides is 1. The number of rotatable bonds is 5. The molecular weight excluding hydrogens is 483 g/mol. The molecule has 3 rings (SSSR count). The van der Waals surface area contributed by atoms with Gasteiger partial charge < -0.3 is 4.90 Å². The lowest BCUT2D eigenvalue weighted by molar-refractivity contribution is -0.137. The summed E-state index contributed by atoms with van der Waals surface area (Å²) < 4.78 is 67.5. The summed E-state index contributed by atoms with van der Waals surface area (Å²) in [6, 6.07) is 11.1. The minimum absolute atomic E-state index is 0.0863. The Labute approximate surface area is 181 Å². The van der Waals surface area contributed by atoms with Crippen LogP contribution in [0.3, 0.4) is 0 Å². The number of alkyl halides is 3. The lowest BCUT2D eigenvalue weighted by Gasteiger charge is -2.38. The van der Waals surface area contributed by atoms with Gasteiger partial charge in [0.1, 0.15) is 0 Å². The van der Waals surface area contributed by atoms with Gasteiger partial charge in [-0.3, -0.25) is 4.31 Å². The summed E-state index contributed by atoms with van der Waals surface area (Å²) in [5.74, 6) is -0.143. The van der Waals surface area contributed by atoms with Crippen LogP contribution in [0.25, 0.3) is 0 Å². The van der Waals surface area contributed by atoms with Gasteiger partial charge in [-0.2, -0.15) is 18.4 Å².